The summed E-state index contributed by atoms with van der Waals surface area (Å²) in [7, 11) is 0. The molecule has 4 atom stereocenters. The molecule has 198 valence electrons. The van der Waals surface area contributed by atoms with E-state index in [2.05, 4.69) is 21.3 Å². The average molecular weight is 500 g/mol. The number of carbonyl (C=O) groups excluding carboxylic acids is 5. The molecule has 35 heavy (non-hydrogen) atoms. The van der Waals surface area contributed by atoms with Gasteiger partial charge in [-0.15, -0.1) is 0 Å². The number of aliphatic carboxylic acids is 1. The third-order valence-electron chi connectivity index (χ3n) is 5.56. The van der Waals surface area contributed by atoms with Crippen molar-refractivity contribution in [3.8, 4) is 0 Å². The minimum atomic E-state index is -1.43. The summed E-state index contributed by atoms with van der Waals surface area (Å²) in [4.78, 5) is 72.1. The van der Waals surface area contributed by atoms with Gasteiger partial charge in [-0.3, -0.25) is 24.0 Å². The average Bonchev–Trinajstić information content (AvgIpc) is 3.33. The van der Waals surface area contributed by atoms with Gasteiger partial charge in [0.25, 0.3) is 0 Å². The number of carboxylic acid groups (broad SMARTS) is 1. The SMILES string of the molecule is NCCCCC(NC(=O)C1CCCN1)C(=O)NC(CCC(N)=O)C(=O)NC(CCC(N)=O)C(=O)O. The maximum atomic E-state index is 13.0. The van der Waals surface area contributed by atoms with Gasteiger partial charge in [0.05, 0.1) is 6.04 Å². The lowest BCUT2D eigenvalue weighted by molar-refractivity contribution is -0.142. The molecule has 1 aliphatic rings. The largest absolute Gasteiger partial charge is 0.480 e. The van der Waals surface area contributed by atoms with Crippen LogP contribution in [0.4, 0.5) is 0 Å². The molecule has 0 saturated carbocycles. The maximum absolute atomic E-state index is 13.0. The molecule has 5 amide bonds. The Bertz CT molecular complexity index is 771. The molecule has 1 heterocycles. The predicted octanol–water partition coefficient (Wildman–Crippen LogP) is -3.06. The second kappa shape index (κ2) is 15.6. The molecule has 0 aromatic carbocycles. The summed E-state index contributed by atoms with van der Waals surface area (Å²) in [6.45, 7) is 1.09. The first-order valence-corrected chi connectivity index (χ1v) is 11.7. The fraction of sp³-hybridized carbons (Fsp3) is 0.714. The normalized spacial score (nSPS) is 17.6. The fourth-order valence-corrected chi connectivity index (χ4v) is 3.59. The second-order valence-corrected chi connectivity index (χ2v) is 8.47. The van der Waals surface area contributed by atoms with Crippen molar-refractivity contribution in [2.45, 2.75) is 82.0 Å². The standard InChI is InChI=1S/C21H37N7O7/c22-10-2-1-4-13(26-18(31)12-5-3-11-25-12)19(32)27-14(6-8-16(23)29)20(33)28-15(21(34)35)7-9-17(24)30/h12-15,25H,1-11,22H2,(H2,23,29)(H2,24,30)(H,26,31)(H,27,32)(H,28,33)(H,34,35). The lowest BCUT2D eigenvalue weighted by atomic mass is 10.0. The lowest BCUT2D eigenvalue weighted by Gasteiger charge is -2.25. The van der Waals surface area contributed by atoms with E-state index in [0.29, 0.717) is 32.4 Å². The summed E-state index contributed by atoms with van der Waals surface area (Å²) >= 11 is 0. The van der Waals surface area contributed by atoms with E-state index in [1.165, 1.54) is 0 Å². The number of nitrogens with two attached hydrogens (primary N) is 3. The van der Waals surface area contributed by atoms with E-state index in [9.17, 15) is 33.9 Å². The summed E-state index contributed by atoms with van der Waals surface area (Å²) in [6.07, 6.45) is 1.91. The number of rotatable bonds is 17. The minimum absolute atomic E-state index is 0.192. The molecular weight excluding hydrogens is 462 g/mol. The van der Waals surface area contributed by atoms with Crippen molar-refractivity contribution in [2.75, 3.05) is 13.1 Å². The van der Waals surface area contributed by atoms with Gasteiger partial charge in [0, 0.05) is 12.8 Å². The Hall–Kier alpha value is -3.26. The Kier molecular flexibility index (Phi) is 13.3. The number of nitrogens with one attached hydrogen (secondary N) is 4. The van der Waals surface area contributed by atoms with Gasteiger partial charge in [0.15, 0.2) is 0 Å². The molecule has 0 radical (unpaired) electrons. The van der Waals surface area contributed by atoms with Gasteiger partial charge in [-0.25, -0.2) is 4.79 Å². The Labute approximate surface area is 203 Å². The molecule has 14 heteroatoms. The van der Waals surface area contributed by atoms with E-state index >= 15 is 0 Å². The zero-order chi connectivity index (χ0) is 26.4. The van der Waals surface area contributed by atoms with Gasteiger partial charge in [-0.2, -0.15) is 0 Å². The van der Waals surface area contributed by atoms with Crippen molar-refractivity contribution in [1.82, 2.24) is 21.3 Å². The zero-order valence-corrected chi connectivity index (χ0v) is 19.7. The van der Waals surface area contributed by atoms with Gasteiger partial charge in [-0.05, 0) is 58.0 Å². The quantitative estimate of drug-likeness (QED) is 0.0944. The summed E-state index contributed by atoms with van der Waals surface area (Å²) in [5.74, 6) is -4.73. The monoisotopic (exact) mass is 499 g/mol. The molecule has 0 spiro atoms. The molecule has 0 aromatic heterocycles. The Morgan fingerprint density at radius 2 is 1.37 bits per heavy atom. The zero-order valence-electron chi connectivity index (χ0n) is 19.7. The van der Waals surface area contributed by atoms with E-state index in [4.69, 9.17) is 17.2 Å². The number of hydrogen-bond acceptors (Lipinski definition) is 8. The molecule has 1 rings (SSSR count). The van der Waals surface area contributed by atoms with Crippen LogP contribution in [0.1, 0.15) is 57.8 Å². The summed E-state index contributed by atoms with van der Waals surface area (Å²) in [5.41, 5.74) is 15.7. The van der Waals surface area contributed by atoms with Gasteiger partial charge in [0.2, 0.25) is 29.5 Å². The van der Waals surface area contributed by atoms with E-state index in [0.717, 1.165) is 6.42 Å². The van der Waals surface area contributed by atoms with E-state index < -0.39 is 53.8 Å². The maximum Gasteiger partial charge on any atom is 0.326 e. The molecule has 1 aliphatic heterocycles. The van der Waals surface area contributed by atoms with Crippen molar-refractivity contribution in [3.05, 3.63) is 0 Å². The van der Waals surface area contributed by atoms with Crippen LogP contribution in [-0.2, 0) is 28.8 Å². The number of unbranched alkanes of at least 4 members (excludes halogenated alkanes) is 1. The van der Waals surface area contributed by atoms with E-state index in [-0.39, 0.29) is 38.0 Å². The molecule has 1 fully saturated rings. The third-order valence-corrected chi connectivity index (χ3v) is 5.56. The third kappa shape index (κ3) is 11.6. The van der Waals surface area contributed by atoms with Crippen LogP contribution in [0, 0.1) is 0 Å². The van der Waals surface area contributed by atoms with Crippen molar-refractivity contribution >= 4 is 35.5 Å². The van der Waals surface area contributed by atoms with Crippen molar-refractivity contribution < 1.29 is 33.9 Å². The molecular formula is C21H37N7O7. The van der Waals surface area contributed by atoms with Crippen LogP contribution in [0.5, 0.6) is 0 Å². The number of hydrogen-bond donors (Lipinski definition) is 8. The van der Waals surface area contributed by atoms with Crippen LogP contribution in [0.3, 0.4) is 0 Å². The summed E-state index contributed by atoms with van der Waals surface area (Å²) in [5, 5.41) is 19.8. The van der Waals surface area contributed by atoms with Crippen LogP contribution in [0.2, 0.25) is 0 Å². The first-order valence-electron chi connectivity index (χ1n) is 11.7. The highest BCUT2D eigenvalue weighted by Crippen LogP contribution is 2.09. The number of carbonyl (C=O) groups is 6. The van der Waals surface area contributed by atoms with Crippen molar-refractivity contribution in [3.63, 3.8) is 0 Å². The molecule has 0 aliphatic carbocycles. The number of amides is 5. The second-order valence-electron chi connectivity index (χ2n) is 8.47. The first kappa shape index (κ1) is 29.8. The van der Waals surface area contributed by atoms with Crippen LogP contribution in [0.25, 0.3) is 0 Å². The topological polar surface area (TPSA) is 249 Å². The van der Waals surface area contributed by atoms with Crippen LogP contribution >= 0.6 is 0 Å². The van der Waals surface area contributed by atoms with E-state index in [1.54, 1.807) is 0 Å². The molecule has 14 nitrogen and oxygen atoms in total. The highest BCUT2D eigenvalue weighted by molar-refractivity contribution is 5.94. The Morgan fingerprint density at radius 3 is 1.86 bits per heavy atom. The Morgan fingerprint density at radius 1 is 0.829 bits per heavy atom. The molecule has 1 saturated heterocycles. The van der Waals surface area contributed by atoms with Crippen LogP contribution in [0.15, 0.2) is 0 Å². The van der Waals surface area contributed by atoms with E-state index in [1.807, 2.05) is 0 Å². The number of primary amides is 2. The minimum Gasteiger partial charge on any atom is -0.480 e. The highest BCUT2D eigenvalue weighted by atomic mass is 16.4. The lowest BCUT2D eigenvalue weighted by Crippen LogP contribution is -2.57. The number of carboxylic acids is 1. The first-order chi connectivity index (χ1) is 16.5. The van der Waals surface area contributed by atoms with Gasteiger partial charge in [0.1, 0.15) is 18.1 Å². The smallest absolute Gasteiger partial charge is 0.326 e. The van der Waals surface area contributed by atoms with Gasteiger partial charge >= 0.3 is 5.97 Å². The van der Waals surface area contributed by atoms with Crippen molar-refractivity contribution in [2.24, 2.45) is 17.2 Å². The van der Waals surface area contributed by atoms with Crippen LogP contribution in [-0.4, -0.2) is 77.9 Å². The highest BCUT2D eigenvalue weighted by Gasteiger charge is 2.31. The van der Waals surface area contributed by atoms with Crippen molar-refractivity contribution in [1.29, 1.82) is 0 Å². The van der Waals surface area contributed by atoms with Crippen LogP contribution < -0.4 is 38.5 Å². The summed E-state index contributed by atoms with van der Waals surface area (Å²) in [6, 6.07) is -4.12. The Balaban J connectivity index is 2.94. The molecule has 0 aromatic rings. The molecule has 4 unspecified atom stereocenters. The van der Waals surface area contributed by atoms with Gasteiger partial charge in [-0.1, -0.05) is 0 Å². The summed E-state index contributed by atoms with van der Waals surface area (Å²) < 4.78 is 0. The fourth-order valence-electron chi connectivity index (χ4n) is 3.59. The molecule has 0 bridgehead atoms. The predicted molar refractivity (Wildman–Crippen MR) is 124 cm³/mol. The van der Waals surface area contributed by atoms with Gasteiger partial charge < -0.3 is 43.6 Å². The molecule has 11 N–H and O–H groups in total.